The molecular formula is C21H22N6O5S. The number of amides is 2. The van der Waals surface area contributed by atoms with Crippen LogP contribution in [0.2, 0.25) is 0 Å². The molecule has 0 spiro atoms. The highest BCUT2D eigenvalue weighted by Crippen LogP contribution is 2.29. The van der Waals surface area contributed by atoms with Crippen molar-refractivity contribution in [2.45, 2.75) is 18.6 Å². The predicted molar refractivity (Wildman–Crippen MR) is 122 cm³/mol. The van der Waals surface area contributed by atoms with Gasteiger partial charge in [0.15, 0.2) is 11.0 Å². The molecule has 172 valence electrons. The zero-order valence-corrected chi connectivity index (χ0v) is 19.0. The van der Waals surface area contributed by atoms with E-state index in [4.69, 9.17) is 4.74 Å². The molecule has 0 atom stereocenters. The number of nitro groups is 1. The lowest BCUT2D eigenvalue weighted by Gasteiger charge is -2.08. The molecule has 1 heterocycles. The molecule has 11 nitrogen and oxygen atoms in total. The summed E-state index contributed by atoms with van der Waals surface area (Å²) in [6.07, 6.45) is 0. The van der Waals surface area contributed by atoms with Gasteiger partial charge in [0, 0.05) is 12.6 Å². The lowest BCUT2D eigenvalue weighted by Crippen LogP contribution is -2.25. The van der Waals surface area contributed by atoms with Crippen molar-refractivity contribution in [2.75, 3.05) is 18.2 Å². The highest BCUT2D eigenvalue weighted by molar-refractivity contribution is 7.99. The van der Waals surface area contributed by atoms with Gasteiger partial charge in [-0.25, -0.2) is 0 Å². The first-order chi connectivity index (χ1) is 15.8. The molecule has 2 aromatic carbocycles. The number of ether oxygens (including phenoxy) is 1. The van der Waals surface area contributed by atoms with Crippen molar-refractivity contribution < 1.29 is 19.2 Å². The van der Waals surface area contributed by atoms with Gasteiger partial charge in [0.1, 0.15) is 11.4 Å². The van der Waals surface area contributed by atoms with Crippen molar-refractivity contribution in [3.63, 3.8) is 0 Å². The number of nitro benzene ring substituents is 1. The Balaban J connectivity index is 1.57. The zero-order valence-electron chi connectivity index (χ0n) is 18.2. The smallest absolute Gasteiger partial charge is 0.296 e. The largest absolute Gasteiger partial charge is 0.496 e. The Morgan fingerprint density at radius 2 is 1.97 bits per heavy atom. The van der Waals surface area contributed by atoms with Gasteiger partial charge in [0.05, 0.1) is 30.4 Å². The molecule has 12 heteroatoms. The van der Waals surface area contributed by atoms with E-state index >= 15 is 0 Å². The van der Waals surface area contributed by atoms with Gasteiger partial charge < -0.3 is 19.9 Å². The molecule has 1 aromatic heterocycles. The lowest BCUT2D eigenvalue weighted by molar-refractivity contribution is -0.384. The van der Waals surface area contributed by atoms with E-state index < -0.39 is 10.8 Å². The minimum absolute atomic E-state index is 0.0370. The van der Waals surface area contributed by atoms with E-state index in [0.29, 0.717) is 22.3 Å². The molecule has 0 bridgehead atoms. The van der Waals surface area contributed by atoms with Crippen molar-refractivity contribution in [2.24, 2.45) is 7.05 Å². The number of hydrogen-bond donors (Lipinski definition) is 2. The molecule has 33 heavy (non-hydrogen) atoms. The fraction of sp³-hybridized carbons (Fsp3) is 0.238. The maximum Gasteiger partial charge on any atom is 0.296 e. The number of nitrogens with one attached hydrogen (secondary N) is 2. The van der Waals surface area contributed by atoms with Gasteiger partial charge in [0.2, 0.25) is 5.91 Å². The Kier molecular flexibility index (Phi) is 7.61. The topological polar surface area (TPSA) is 141 Å². The van der Waals surface area contributed by atoms with Gasteiger partial charge in [-0.05, 0) is 30.7 Å². The Morgan fingerprint density at radius 3 is 2.67 bits per heavy atom. The summed E-state index contributed by atoms with van der Waals surface area (Å²) in [6, 6.07) is 11.4. The second-order valence-electron chi connectivity index (χ2n) is 6.93. The van der Waals surface area contributed by atoms with Crippen molar-refractivity contribution in [3.05, 3.63) is 69.5 Å². The van der Waals surface area contributed by atoms with E-state index in [1.807, 2.05) is 19.1 Å². The van der Waals surface area contributed by atoms with Gasteiger partial charge in [0.25, 0.3) is 11.6 Å². The van der Waals surface area contributed by atoms with Crippen LogP contribution in [0.3, 0.4) is 0 Å². The molecule has 2 amide bonds. The summed E-state index contributed by atoms with van der Waals surface area (Å²) in [6.45, 7) is 2.03. The second-order valence-corrected chi connectivity index (χ2v) is 7.87. The molecular weight excluding hydrogens is 448 g/mol. The Bertz CT molecular complexity index is 1200. The highest BCUT2D eigenvalue weighted by Gasteiger charge is 2.18. The van der Waals surface area contributed by atoms with Crippen LogP contribution in [0.15, 0.2) is 47.6 Å². The molecule has 3 aromatic rings. The van der Waals surface area contributed by atoms with Gasteiger partial charge in [-0.3, -0.25) is 19.7 Å². The van der Waals surface area contributed by atoms with E-state index in [9.17, 15) is 19.7 Å². The van der Waals surface area contributed by atoms with E-state index in [0.717, 1.165) is 17.3 Å². The number of carbonyl (C=O) groups excluding carboxylic acids is 2. The van der Waals surface area contributed by atoms with Gasteiger partial charge in [-0.15, -0.1) is 10.2 Å². The van der Waals surface area contributed by atoms with Crippen LogP contribution in [-0.4, -0.2) is 44.4 Å². The van der Waals surface area contributed by atoms with E-state index in [-0.39, 0.29) is 29.6 Å². The zero-order chi connectivity index (χ0) is 24.0. The molecule has 0 radical (unpaired) electrons. The Labute approximate surface area is 193 Å². The molecule has 0 aliphatic rings. The Hall–Kier alpha value is -3.93. The number of thioether (sulfide) groups is 1. The van der Waals surface area contributed by atoms with Crippen LogP contribution in [0.4, 0.5) is 11.4 Å². The molecule has 3 rings (SSSR count). The maximum absolute atomic E-state index is 12.4. The molecule has 0 saturated carbocycles. The number of hydrogen-bond acceptors (Lipinski definition) is 8. The number of methoxy groups -OCH3 is 1. The third-order valence-corrected chi connectivity index (χ3v) is 5.75. The van der Waals surface area contributed by atoms with Crippen LogP contribution < -0.4 is 15.4 Å². The molecule has 0 fully saturated rings. The van der Waals surface area contributed by atoms with Crippen LogP contribution in [0.25, 0.3) is 0 Å². The van der Waals surface area contributed by atoms with Crippen LogP contribution in [0, 0.1) is 17.0 Å². The molecule has 2 N–H and O–H groups in total. The fourth-order valence-corrected chi connectivity index (χ4v) is 3.65. The fourth-order valence-electron chi connectivity index (χ4n) is 2.92. The number of aryl methyl sites for hydroxylation is 1. The second kappa shape index (κ2) is 10.6. The predicted octanol–water partition coefficient (Wildman–Crippen LogP) is 2.70. The number of rotatable bonds is 9. The summed E-state index contributed by atoms with van der Waals surface area (Å²) >= 11 is 1.12. The van der Waals surface area contributed by atoms with Crippen molar-refractivity contribution in [1.82, 2.24) is 20.1 Å². The van der Waals surface area contributed by atoms with E-state index in [1.165, 1.54) is 25.3 Å². The first-order valence-corrected chi connectivity index (χ1v) is 10.8. The summed E-state index contributed by atoms with van der Waals surface area (Å²) in [5, 5.41) is 25.2. The summed E-state index contributed by atoms with van der Waals surface area (Å²) in [5.41, 5.74) is 1.26. The molecule has 0 unspecified atom stereocenters. The van der Waals surface area contributed by atoms with Gasteiger partial charge in [-0.1, -0.05) is 30.0 Å². The molecule has 0 aliphatic heterocycles. The molecule has 0 aliphatic carbocycles. The van der Waals surface area contributed by atoms with Crippen molar-refractivity contribution in [1.29, 1.82) is 0 Å². The SMILES string of the molecule is COc1ccc(NC(=O)CSc2nnc(CNC(=O)c3ccccc3C)n2C)c([N+](=O)[O-])c1. The third kappa shape index (κ3) is 5.86. The van der Waals surface area contributed by atoms with Crippen LogP contribution in [-0.2, 0) is 18.4 Å². The summed E-state index contributed by atoms with van der Waals surface area (Å²) < 4.78 is 6.66. The molecule has 0 saturated heterocycles. The standard InChI is InChI=1S/C21H22N6O5S/c1-13-6-4-5-7-15(13)20(29)22-11-18-24-25-21(26(18)2)33-12-19(28)23-16-9-8-14(32-3)10-17(16)27(30)31/h4-10H,11-12H2,1-3H3,(H,22,29)(H,23,28). The van der Waals surface area contributed by atoms with Crippen molar-refractivity contribution >= 4 is 35.0 Å². The number of nitrogens with zero attached hydrogens (tertiary/aromatic N) is 4. The average molecular weight is 471 g/mol. The third-order valence-electron chi connectivity index (χ3n) is 4.73. The highest BCUT2D eigenvalue weighted by atomic mass is 32.2. The van der Waals surface area contributed by atoms with E-state index in [1.54, 1.807) is 23.7 Å². The normalized spacial score (nSPS) is 10.5. The number of carbonyl (C=O) groups is 2. The van der Waals surface area contributed by atoms with Crippen molar-refractivity contribution in [3.8, 4) is 5.75 Å². The average Bonchev–Trinajstić information content (AvgIpc) is 3.15. The Morgan fingerprint density at radius 1 is 1.21 bits per heavy atom. The number of aromatic nitrogens is 3. The summed E-state index contributed by atoms with van der Waals surface area (Å²) in [5.74, 6) is 0.141. The minimum Gasteiger partial charge on any atom is -0.496 e. The quantitative estimate of drug-likeness (QED) is 0.276. The van der Waals surface area contributed by atoms with Crippen LogP contribution in [0.1, 0.15) is 21.7 Å². The summed E-state index contributed by atoms with van der Waals surface area (Å²) in [4.78, 5) is 35.4. The van der Waals surface area contributed by atoms with Gasteiger partial charge >= 0.3 is 0 Å². The van der Waals surface area contributed by atoms with E-state index in [2.05, 4.69) is 20.8 Å². The maximum atomic E-state index is 12.4. The van der Waals surface area contributed by atoms with Gasteiger partial charge in [-0.2, -0.15) is 0 Å². The minimum atomic E-state index is -0.592. The van der Waals surface area contributed by atoms with Crippen LogP contribution in [0.5, 0.6) is 5.75 Å². The first kappa shape index (κ1) is 23.7. The number of benzene rings is 2. The first-order valence-electron chi connectivity index (χ1n) is 9.77. The summed E-state index contributed by atoms with van der Waals surface area (Å²) in [7, 11) is 3.13. The lowest BCUT2D eigenvalue weighted by atomic mass is 10.1. The monoisotopic (exact) mass is 470 g/mol. The number of anilines is 1. The van der Waals surface area contributed by atoms with Crippen LogP contribution >= 0.6 is 11.8 Å².